The Bertz CT molecular complexity index is 1530. The summed E-state index contributed by atoms with van der Waals surface area (Å²) in [5.74, 6) is 0.140. The zero-order valence-electron chi connectivity index (χ0n) is 24.2. The van der Waals surface area contributed by atoms with Crippen LogP contribution >= 0.6 is 11.8 Å². The van der Waals surface area contributed by atoms with Crippen molar-refractivity contribution in [2.24, 2.45) is 4.99 Å². The molecule has 2 atom stereocenters. The molecule has 2 heterocycles. The second kappa shape index (κ2) is 13.1. The Morgan fingerprint density at radius 3 is 2.40 bits per heavy atom. The fourth-order valence-electron chi connectivity index (χ4n) is 5.02. The molecule has 0 radical (unpaired) electrons. The quantitative estimate of drug-likeness (QED) is 0.258. The van der Waals surface area contributed by atoms with Gasteiger partial charge in [0.05, 0.1) is 35.9 Å². The summed E-state index contributed by atoms with van der Waals surface area (Å²) in [4.78, 5) is 33.5. The van der Waals surface area contributed by atoms with Crippen molar-refractivity contribution >= 4 is 28.8 Å². The third-order valence-electron chi connectivity index (χ3n) is 7.00. The predicted octanol–water partition coefficient (Wildman–Crippen LogP) is 7.06. The lowest BCUT2D eigenvalue weighted by molar-refractivity contribution is -0.143. The number of fused-ring (bicyclic) bond motifs is 1. The van der Waals surface area contributed by atoms with Crippen molar-refractivity contribution < 1.29 is 19.1 Å². The van der Waals surface area contributed by atoms with E-state index in [1.807, 2.05) is 123 Å². The molecule has 5 rings (SSSR count). The molecule has 2 aliphatic heterocycles. The van der Waals surface area contributed by atoms with Gasteiger partial charge in [-0.2, -0.15) is 0 Å². The maximum atomic E-state index is 13.5. The summed E-state index contributed by atoms with van der Waals surface area (Å²) < 4.78 is 11.8. The van der Waals surface area contributed by atoms with Crippen LogP contribution in [0.25, 0.3) is 0 Å². The summed E-state index contributed by atoms with van der Waals surface area (Å²) in [6, 6.07) is 26.9. The van der Waals surface area contributed by atoms with Crippen molar-refractivity contribution in [3.63, 3.8) is 0 Å². The van der Waals surface area contributed by atoms with Gasteiger partial charge in [0.2, 0.25) is 5.91 Å². The monoisotopic (exact) mass is 581 g/mol. The van der Waals surface area contributed by atoms with E-state index >= 15 is 0 Å². The van der Waals surface area contributed by atoms with Crippen LogP contribution < -0.4 is 10.1 Å². The van der Waals surface area contributed by atoms with E-state index in [4.69, 9.17) is 14.5 Å². The summed E-state index contributed by atoms with van der Waals surface area (Å²) in [5, 5.41) is 5.76. The molecule has 8 heteroatoms. The Hall–Kier alpha value is -4.30. The number of amidine groups is 1. The molecule has 0 saturated heterocycles. The Labute approximate surface area is 251 Å². The Balaban J connectivity index is 1.43. The number of allylic oxidation sites excluding steroid dienone is 1. The third-order valence-corrected chi connectivity index (χ3v) is 7.89. The average molecular weight is 582 g/mol. The molecule has 0 aromatic heterocycles. The summed E-state index contributed by atoms with van der Waals surface area (Å²) in [7, 11) is 0. The molecule has 2 unspecified atom stereocenters. The minimum Gasteiger partial charge on any atom is -0.489 e. The number of ether oxygens (including phenoxy) is 2. The average Bonchev–Trinajstić information content (AvgIpc) is 3.37. The van der Waals surface area contributed by atoms with E-state index in [0.717, 1.165) is 22.4 Å². The molecule has 0 aliphatic carbocycles. The molecule has 216 valence electrons. The lowest BCUT2D eigenvalue weighted by atomic mass is 9.93. The highest BCUT2D eigenvalue weighted by Crippen LogP contribution is 2.45. The minimum atomic E-state index is -0.537. The molecule has 0 bridgehead atoms. The van der Waals surface area contributed by atoms with Gasteiger partial charge in [0, 0.05) is 5.70 Å². The number of esters is 1. The highest BCUT2D eigenvalue weighted by molar-refractivity contribution is 8.16. The van der Waals surface area contributed by atoms with Crippen LogP contribution in [0, 0.1) is 0 Å². The van der Waals surface area contributed by atoms with Crippen molar-refractivity contribution in [1.29, 1.82) is 0 Å². The van der Waals surface area contributed by atoms with Crippen LogP contribution in [0.1, 0.15) is 62.9 Å². The number of rotatable bonds is 10. The summed E-state index contributed by atoms with van der Waals surface area (Å²) in [6.45, 7) is 7.87. The first kappa shape index (κ1) is 29.2. The lowest BCUT2D eigenvalue weighted by Crippen LogP contribution is -2.38. The molecule has 3 aromatic rings. The highest BCUT2D eigenvalue weighted by Gasteiger charge is 2.41. The van der Waals surface area contributed by atoms with Gasteiger partial charge in [0.1, 0.15) is 12.4 Å². The van der Waals surface area contributed by atoms with E-state index in [1.54, 1.807) is 0 Å². The van der Waals surface area contributed by atoms with Gasteiger partial charge in [-0.05, 0) is 61.9 Å². The number of nitrogens with one attached hydrogen (secondary N) is 1. The van der Waals surface area contributed by atoms with Crippen LogP contribution in [0.15, 0.2) is 112 Å². The first-order chi connectivity index (χ1) is 20.3. The Morgan fingerprint density at radius 1 is 0.976 bits per heavy atom. The molecule has 42 heavy (non-hydrogen) atoms. The highest BCUT2D eigenvalue weighted by atomic mass is 32.2. The smallest absolute Gasteiger partial charge is 0.338 e. The van der Waals surface area contributed by atoms with Gasteiger partial charge in [0.25, 0.3) is 0 Å². The van der Waals surface area contributed by atoms with E-state index in [1.165, 1.54) is 11.8 Å². The van der Waals surface area contributed by atoms with Gasteiger partial charge in [-0.25, -0.2) is 9.79 Å². The van der Waals surface area contributed by atoms with Crippen LogP contribution in [0.5, 0.6) is 5.75 Å². The lowest BCUT2D eigenvalue weighted by Gasteiger charge is -2.36. The van der Waals surface area contributed by atoms with Crippen molar-refractivity contribution in [2.45, 2.75) is 58.9 Å². The van der Waals surface area contributed by atoms with Gasteiger partial charge in [-0.1, -0.05) is 84.6 Å². The fourth-order valence-corrected chi connectivity index (χ4v) is 5.99. The van der Waals surface area contributed by atoms with Crippen LogP contribution in [0.3, 0.4) is 0 Å². The normalized spacial score (nSPS) is 16.9. The number of hydrogen-bond acceptors (Lipinski definition) is 7. The van der Waals surface area contributed by atoms with Gasteiger partial charge in [-0.3, -0.25) is 4.79 Å². The van der Waals surface area contributed by atoms with Crippen molar-refractivity contribution in [2.75, 3.05) is 0 Å². The number of carbonyl (C=O) groups excluding carboxylic acids is 2. The first-order valence-electron chi connectivity index (χ1n) is 14.1. The van der Waals surface area contributed by atoms with E-state index in [-0.39, 0.29) is 24.5 Å². The van der Waals surface area contributed by atoms with Crippen LogP contribution in [0.4, 0.5) is 0 Å². The molecular weight excluding hydrogens is 546 g/mol. The van der Waals surface area contributed by atoms with Crippen LogP contribution in [-0.2, 0) is 20.9 Å². The number of nitrogens with zero attached hydrogens (tertiary/aromatic N) is 2. The van der Waals surface area contributed by atoms with Crippen molar-refractivity contribution in [3.05, 3.63) is 124 Å². The largest absolute Gasteiger partial charge is 0.489 e. The molecule has 7 nitrogen and oxygen atoms in total. The molecular formula is C34H35N3O4S. The zero-order valence-corrected chi connectivity index (χ0v) is 25.1. The Kier molecular flexibility index (Phi) is 9.12. The van der Waals surface area contributed by atoms with Gasteiger partial charge in [0.15, 0.2) is 5.17 Å². The number of aliphatic imine (C=N–C) groups is 1. The van der Waals surface area contributed by atoms with E-state index in [9.17, 15) is 9.59 Å². The maximum absolute atomic E-state index is 13.5. The minimum absolute atomic E-state index is 0.115. The van der Waals surface area contributed by atoms with Gasteiger partial charge < -0.3 is 19.7 Å². The summed E-state index contributed by atoms with van der Waals surface area (Å²) in [5.41, 5.74) is 4.73. The summed E-state index contributed by atoms with van der Waals surface area (Å²) in [6.07, 6.45) is -0.160. The van der Waals surface area contributed by atoms with E-state index < -0.39 is 12.0 Å². The molecule has 1 amide bonds. The molecule has 1 N–H and O–H groups in total. The number of benzene rings is 3. The first-order valence-corrected chi connectivity index (χ1v) is 14.9. The standard InChI is InChI=1S/C34H35N3O4S/c1-22(2)41-33(39)31-24(4)36-34-37(28(21-42-34)19-30(38)35-23(3)26-14-9-6-10-15-26)32(31)27-16-11-17-29(18-27)40-20-25-12-7-5-8-13-25/h5-18,21-23,32H,19-20H2,1-4H3,(H,35,38). The number of carbonyl (C=O) groups is 2. The molecule has 2 aliphatic rings. The van der Waals surface area contributed by atoms with Gasteiger partial charge in [-0.15, -0.1) is 0 Å². The molecule has 0 spiro atoms. The Morgan fingerprint density at radius 2 is 1.69 bits per heavy atom. The second-order valence-corrected chi connectivity index (χ2v) is 11.4. The third kappa shape index (κ3) is 6.77. The maximum Gasteiger partial charge on any atom is 0.338 e. The second-order valence-electron chi connectivity index (χ2n) is 10.6. The number of thioether (sulfide) groups is 1. The zero-order chi connectivity index (χ0) is 29.6. The summed E-state index contributed by atoms with van der Waals surface area (Å²) >= 11 is 1.45. The van der Waals surface area contributed by atoms with E-state index in [0.29, 0.717) is 28.8 Å². The van der Waals surface area contributed by atoms with Crippen LogP contribution in [0.2, 0.25) is 0 Å². The number of hydrogen-bond donors (Lipinski definition) is 1. The number of amides is 1. The molecule has 3 aromatic carbocycles. The topological polar surface area (TPSA) is 80.2 Å². The SMILES string of the molecule is CC1=C(C(=O)OC(C)C)C(c2cccc(OCc3ccccc3)c2)N2C(CC(=O)NC(C)c3ccccc3)=CSC2=N1. The fraction of sp³-hybridized carbons (Fsp3) is 0.265. The van der Waals surface area contributed by atoms with Crippen LogP contribution in [-0.4, -0.2) is 28.0 Å². The van der Waals surface area contributed by atoms with E-state index in [2.05, 4.69) is 5.32 Å². The molecule has 0 saturated carbocycles. The van der Waals surface area contributed by atoms with Crippen molar-refractivity contribution in [1.82, 2.24) is 10.2 Å². The molecule has 0 fully saturated rings. The van der Waals surface area contributed by atoms with Gasteiger partial charge >= 0.3 is 5.97 Å². The predicted molar refractivity (Wildman–Crippen MR) is 166 cm³/mol. The van der Waals surface area contributed by atoms with Crippen molar-refractivity contribution in [3.8, 4) is 5.75 Å².